The van der Waals surface area contributed by atoms with E-state index >= 15 is 0 Å². The minimum atomic E-state index is -2.03. The molecule has 1 aliphatic heterocycles. The number of aliphatic carboxylic acids is 3. The van der Waals surface area contributed by atoms with Crippen LogP contribution in [0.2, 0.25) is 0 Å². The Balaban J connectivity index is 1.58. The molecule has 0 aliphatic carbocycles. The number of anilines is 1. The first-order valence-corrected chi connectivity index (χ1v) is 26.4. The molecule has 3 aromatic carbocycles. The molecule has 1 heterocycles. The molecule has 1 aliphatic rings. The largest absolute Gasteiger partial charge is 0.481 e. The molecule has 10 amide bonds. The van der Waals surface area contributed by atoms with Crippen molar-refractivity contribution in [1.82, 2.24) is 42.1 Å². The van der Waals surface area contributed by atoms with Crippen LogP contribution in [-0.4, -0.2) is 157 Å². The van der Waals surface area contributed by atoms with Gasteiger partial charge >= 0.3 is 17.9 Å². The summed E-state index contributed by atoms with van der Waals surface area (Å²) in [4.78, 5) is 183. The van der Waals surface area contributed by atoms with Gasteiger partial charge in [0.2, 0.25) is 53.2 Å². The molecule has 0 unspecified atom stereocenters. The molecule has 16 N–H and O–H groups in total. The van der Waals surface area contributed by atoms with Crippen molar-refractivity contribution in [3.63, 3.8) is 0 Å². The number of hydrogen-bond acceptors (Lipinski definition) is 16. The van der Waals surface area contributed by atoms with E-state index in [1.807, 2.05) is 5.32 Å². The number of rotatable bonds is 33. The summed E-state index contributed by atoms with van der Waals surface area (Å²) >= 11 is 0. The van der Waals surface area contributed by atoms with Crippen LogP contribution in [0.25, 0.3) is 0 Å². The van der Waals surface area contributed by atoms with Gasteiger partial charge in [-0.25, -0.2) is 4.79 Å². The molecule has 1 saturated heterocycles. The van der Waals surface area contributed by atoms with Gasteiger partial charge in [-0.15, -0.1) is 0 Å². The molecular weight excluding hydrogens is 1100 g/mol. The number of nitro benzene ring substituents is 1. The first-order chi connectivity index (χ1) is 39.6. The normalized spacial score (nSPS) is 15.2. The van der Waals surface area contributed by atoms with Crippen LogP contribution in [0.3, 0.4) is 0 Å². The van der Waals surface area contributed by atoms with Crippen LogP contribution in [0, 0.1) is 16.0 Å². The second-order valence-corrected chi connectivity index (χ2v) is 20.2. The molecule has 8 atom stereocenters. The highest BCUT2D eigenvalue weighted by atomic mass is 16.6. The first-order valence-electron chi connectivity index (χ1n) is 26.4. The highest BCUT2D eigenvalue weighted by molar-refractivity contribution is 6.03. The Bertz CT molecular complexity index is 2940. The van der Waals surface area contributed by atoms with Gasteiger partial charge in [-0.3, -0.25) is 67.6 Å². The number of benzene rings is 3. The van der Waals surface area contributed by atoms with Crippen molar-refractivity contribution in [2.75, 3.05) is 12.3 Å². The monoisotopic (exact) mass is 1170 g/mol. The second-order valence-electron chi connectivity index (χ2n) is 20.2. The Morgan fingerprint density at radius 1 is 0.583 bits per heavy atom. The zero-order valence-electron chi connectivity index (χ0n) is 45.8. The van der Waals surface area contributed by atoms with E-state index in [0.717, 1.165) is 17.0 Å². The van der Waals surface area contributed by atoms with Gasteiger partial charge in [0.15, 0.2) is 0 Å². The first kappa shape index (κ1) is 66.5. The number of carbonyl (C=O) groups is 13. The molecule has 0 radical (unpaired) electrons. The highest BCUT2D eigenvalue weighted by Gasteiger charge is 2.41. The third-order valence-electron chi connectivity index (χ3n) is 13.1. The fraction of sp³-hybridized carbons (Fsp3) is 0.426. The van der Waals surface area contributed by atoms with E-state index in [4.69, 9.17) is 17.2 Å². The fourth-order valence-corrected chi connectivity index (χ4v) is 8.90. The maximum absolute atomic E-state index is 14.5. The third kappa shape index (κ3) is 21.1. The topological polar surface area (TPSA) is 491 Å². The number of carboxylic acids is 3. The second kappa shape index (κ2) is 31.8. The lowest BCUT2D eigenvalue weighted by molar-refractivity contribution is -0.384. The lowest BCUT2D eigenvalue weighted by Crippen LogP contribution is -2.60. The number of primary amides is 2. The molecule has 3 aromatic rings. The van der Waals surface area contributed by atoms with Crippen molar-refractivity contribution in [3.05, 3.63) is 106 Å². The Morgan fingerprint density at radius 2 is 1.10 bits per heavy atom. The molecule has 0 saturated carbocycles. The molecule has 0 bridgehead atoms. The molecule has 30 nitrogen and oxygen atoms in total. The van der Waals surface area contributed by atoms with Crippen molar-refractivity contribution < 1.29 is 82.6 Å². The van der Waals surface area contributed by atoms with Gasteiger partial charge in [-0.2, -0.15) is 0 Å². The van der Waals surface area contributed by atoms with Gasteiger partial charge in [-0.05, 0) is 61.3 Å². The number of para-hydroxylation sites is 1. The number of nitrogens with one attached hydrogen (secondary N) is 7. The van der Waals surface area contributed by atoms with Crippen molar-refractivity contribution in [2.45, 2.75) is 133 Å². The number of nitrogens with two attached hydrogens (primary N) is 3. The fourth-order valence-electron chi connectivity index (χ4n) is 8.90. The lowest BCUT2D eigenvalue weighted by Gasteiger charge is -2.31. The lowest BCUT2D eigenvalue weighted by atomic mass is 10.0. The summed E-state index contributed by atoms with van der Waals surface area (Å²) in [5.74, 6) is -15.4. The van der Waals surface area contributed by atoms with Crippen LogP contribution in [0.1, 0.15) is 93.1 Å². The van der Waals surface area contributed by atoms with Crippen LogP contribution in [0.4, 0.5) is 11.4 Å². The molecular formula is C54H68N12O18. The number of nitrogen functional groups attached to an aromatic ring is 1. The minimum absolute atomic E-state index is 0.0358. The van der Waals surface area contributed by atoms with Crippen molar-refractivity contribution in [1.29, 1.82) is 0 Å². The third-order valence-corrected chi connectivity index (χ3v) is 13.1. The Morgan fingerprint density at radius 3 is 1.65 bits per heavy atom. The number of hydrogen-bond donors (Lipinski definition) is 13. The molecule has 1 fully saturated rings. The van der Waals surface area contributed by atoms with E-state index < -0.39 is 169 Å². The van der Waals surface area contributed by atoms with Crippen molar-refractivity contribution in [2.24, 2.45) is 17.4 Å². The quantitative estimate of drug-likeness (QED) is 0.0183. The summed E-state index contributed by atoms with van der Waals surface area (Å²) in [7, 11) is 0. The highest BCUT2D eigenvalue weighted by Crippen LogP contribution is 2.22. The summed E-state index contributed by atoms with van der Waals surface area (Å²) in [5, 5.41) is 56.3. The van der Waals surface area contributed by atoms with Gasteiger partial charge in [0.05, 0.1) is 23.3 Å². The summed E-state index contributed by atoms with van der Waals surface area (Å²) in [6, 6.07) is 5.96. The Labute approximate surface area is 479 Å². The standard InChI is InChI=1S/C54H68N12O18/c1-28(2)23-36(63-52(79)41-13-8-22-65(41)53(80)35(18-20-42(56)67)59-49(76)37(24-29-9-4-3-5-10-29)60-46(73)32-11-6-7-12-33(32)55)48(75)62-39(26-43(57)68)51(78)58-34(19-21-44(69)70)47(74)61-38(25-30-14-16-31(17-15-30)66(83)84)50(77)64-40(54(81)82)27-45(71)72/h3-7,9-12,14-17,28,34-41H,8,13,18-27,55H2,1-2H3,(H2,56,67)(H2,57,68)(H,58,78)(H,59,76)(H,60,73)(H,61,74)(H,62,75)(H,63,79)(H,64,77)(H,69,70)(H,71,72)(H,81,82)/t34-,35-,36-,37-,38-,39-,40-,41-/m0/s1. The zero-order chi connectivity index (χ0) is 62.4. The van der Waals surface area contributed by atoms with E-state index in [1.165, 1.54) is 24.3 Å². The maximum atomic E-state index is 14.5. The number of carboxylic acid groups (broad SMARTS) is 3. The minimum Gasteiger partial charge on any atom is -0.481 e. The number of non-ortho nitro benzene ring substituents is 1. The van der Waals surface area contributed by atoms with Gasteiger partial charge < -0.3 is 74.6 Å². The Hall–Kier alpha value is -10.0. The van der Waals surface area contributed by atoms with Gasteiger partial charge in [0, 0.05) is 50.0 Å². The molecule has 4 rings (SSSR count). The maximum Gasteiger partial charge on any atom is 0.326 e. The summed E-state index contributed by atoms with van der Waals surface area (Å²) < 4.78 is 0. The molecule has 452 valence electrons. The average molecular weight is 1170 g/mol. The van der Waals surface area contributed by atoms with E-state index in [-0.39, 0.29) is 67.1 Å². The van der Waals surface area contributed by atoms with E-state index in [2.05, 4.69) is 31.9 Å². The number of likely N-dealkylation sites (tertiary alicyclic amines) is 1. The smallest absolute Gasteiger partial charge is 0.326 e. The summed E-state index contributed by atoms with van der Waals surface area (Å²) in [5.41, 5.74) is 17.6. The van der Waals surface area contributed by atoms with Gasteiger partial charge in [0.25, 0.3) is 11.6 Å². The summed E-state index contributed by atoms with van der Waals surface area (Å²) in [6.45, 7) is 3.31. The Kier molecular flexibility index (Phi) is 25.2. The van der Waals surface area contributed by atoms with E-state index in [9.17, 15) is 87.8 Å². The SMILES string of the molecule is CC(C)C[C@H](NC(=O)[C@@H]1CCCN1C(=O)[C@H](CCC(N)=O)NC(=O)[C@H](Cc1ccccc1)NC(=O)c1ccccc1N)C(=O)N[C@@H](CC(N)=O)C(=O)N[C@@H](CCC(=O)O)C(=O)N[C@@H](Cc1ccc([N+](=O)[O-])cc1)C(=O)N[C@@H](CC(=O)O)C(=O)O. The molecule has 0 spiro atoms. The van der Waals surface area contributed by atoms with E-state index in [0.29, 0.717) is 5.56 Å². The summed E-state index contributed by atoms with van der Waals surface area (Å²) in [6.07, 6.45) is -4.72. The molecule has 0 aromatic heterocycles. The van der Waals surface area contributed by atoms with Crippen LogP contribution in [-0.2, 0) is 70.4 Å². The van der Waals surface area contributed by atoms with Crippen molar-refractivity contribution >= 4 is 88.4 Å². The van der Waals surface area contributed by atoms with Gasteiger partial charge in [0.1, 0.15) is 48.3 Å². The number of amides is 10. The van der Waals surface area contributed by atoms with Crippen LogP contribution in [0.15, 0.2) is 78.9 Å². The van der Waals surface area contributed by atoms with Crippen LogP contribution < -0.4 is 54.4 Å². The number of nitro groups is 1. The van der Waals surface area contributed by atoms with Gasteiger partial charge in [-0.1, -0.05) is 68.4 Å². The van der Waals surface area contributed by atoms with E-state index in [1.54, 1.807) is 56.3 Å². The molecule has 30 heteroatoms. The average Bonchev–Trinajstić information content (AvgIpc) is 4.00. The van der Waals surface area contributed by atoms with Crippen LogP contribution >= 0.6 is 0 Å². The van der Waals surface area contributed by atoms with Crippen LogP contribution in [0.5, 0.6) is 0 Å². The van der Waals surface area contributed by atoms with Crippen molar-refractivity contribution in [3.8, 4) is 0 Å². The number of carbonyl (C=O) groups excluding carboxylic acids is 10. The zero-order valence-corrected chi connectivity index (χ0v) is 45.8. The predicted octanol–water partition coefficient (Wildman–Crippen LogP) is -1.73. The number of nitrogens with zero attached hydrogens (tertiary/aromatic N) is 2. The molecule has 84 heavy (non-hydrogen) atoms. The predicted molar refractivity (Wildman–Crippen MR) is 294 cm³/mol.